The fourth-order valence-corrected chi connectivity index (χ4v) is 12.8. The van der Waals surface area contributed by atoms with Gasteiger partial charge in [-0.15, -0.1) is 45.3 Å². The third kappa shape index (κ3) is 15.5. The molecular formula is C48H73ClS4. The minimum Gasteiger partial charge on any atom is -0.143 e. The summed E-state index contributed by atoms with van der Waals surface area (Å²) in [5.74, 6) is 0. The maximum absolute atomic E-state index is 7.01. The van der Waals surface area contributed by atoms with E-state index in [1.807, 2.05) is 22.7 Å². The molecule has 0 saturated carbocycles. The summed E-state index contributed by atoms with van der Waals surface area (Å²) in [6, 6.07) is 10.1. The molecule has 4 rings (SSSR count). The topological polar surface area (TPSA) is 0 Å². The number of halogens is 1. The van der Waals surface area contributed by atoms with Gasteiger partial charge in [0, 0.05) is 29.3 Å². The quantitative estimate of drug-likeness (QED) is 0.0444. The fourth-order valence-electron chi connectivity index (χ4n) is 7.69. The van der Waals surface area contributed by atoms with Gasteiger partial charge in [-0.05, 0) is 103 Å². The predicted molar refractivity (Wildman–Crippen MR) is 248 cm³/mol. The highest BCUT2D eigenvalue weighted by atomic mass is 35.5. The summed E-state index contributed by atoms with van der Waals surface area (Å²) in [5, 5.41) is 2.35. The Labute approximate surface area is 347 Å². The lowest BCUT2D eigenvalue weighted by atomic mass is 10.0. The van der Waals surface area contributed by atoms with Crippen LogP contribution in [0.25, 0.3) is 29.3 Å². The predicted octanol–water partition coefficient (Wildman–Crippen LogP) is 19.2. The van der Waals surface area contributed by atoms with Crippen LogP contribution in [0.1, 0.15) is 204 Å². The molecular weight excluding hydrogens is 740 g/mol. The van der Waals surface area contributed by atoms with E-state index in [0.29, 0.717) is 0 Å². The molecule has 0 amide bonds. The van der Waals surface area contributed by atoms with E-state index in [0.717, 1.165) is 10.8 Å². The molecule has 4 aromatic heterocycles. The van der Waals surface area contributed by atoms with Gasteiger partial charge in [0.1, 0.15) is 0 Å². The SMILES string of the molecule is CCCCCCCCc1cc(-c2sc(-c3sc(-c4sccc4CCCCCCCC)cc3CCCCCCCC)cc2CCCCCCCC)sc1Cl. The molecule has 0 atom stereocenters. The van der Waals surface area contributed by atoms with Crippen LogP contribution in [0.5, 0.6) is 0 Å². The van der Waals surface area contributed by atoms with Gasteiger partial charge >= 0.3 is 0 Å². The van der Waals surface area contributed by atoms with E-state index < -0.39 is 0 Å². The normalized spacial score (nSPS) is 11.7. The summed E-state index contributed by atoms with van der Waals surface area (Å²) in [5.41, 5.74) is 6.10. The fraction of sp³-hybridized carbons (Fsp3) is 0.667. The molecule has 0 aliphatic carbocycles. The molecule has 0 aromatic carbocycles. The minimum absolute atomic E-state index is 1.02. The van der Waals surface area contributed by atoms with Crippen LogP contribution in [0.15, 0.2) is 29.6 Å². The maximum atomic E-state index is 7.01. The van der Waals surface area contributed by atoms with Gasteiger partial charge in [-0.25, -0.2) is 0 Å². The zero-order valence-electron chi connectivity index (χ0n) is 34.2. The van der Waals surface area contributed by atoms with Crippen LogP contribution in [0.2, 0.25) is 4.34 Å². The van der Waals surface area contributed by atoms with Gasteiger partial charge in [-0.2, -0.15) is 0 Å². The van der Waals surface area contributed by atoms with Crippen molar-refractivity contribution in [2.24, 2.45) is 0 Å². The minimum atomic E-state index is 1.02. The average Bonchev–Trinajstić information content (AvgIpc) is 3.97. The lowest BCUT2D eigenvalue weighted by Crippen LogP contribution is -1.87. The first-order valence-corrected chi connectivity index (χ1v) is 25.9. The standard InChI is InChI=1S/C48H73ClS4/c1-5-9-13-17-21-25-29-38-33-34-50-45(38)42-35-39(30-26-22-18-14-10-6-2)46(51-42)43-36-40(31-27-23-19-15-11-7-3)47(52-43)44-37-41(48(49)53-44)32-28-24-20-16-12-8-4/h33-37H,5-32H2,1-4H3. The number of thiophene rings is 4. The van der Waals surface area contributed by atoms with E-state index in [4.69, 9.17) is 11.6 Å². The van der Waals surface area contributed by atoms with Crippen molar-refractivity contribution < 1.29 is 0 Å². The van der Waals surface area contributed by atoms with Gasteiger partial charge in [0.25, 0.3) is 0 Å². The van der Waals surface area contributed by atoms with Crippen LogP contribution in [0.4, 0.5) is 0 Å². The van der Waals surface area contributed by atoms with Crippen LogP contribution in [0, 0.1) is 0 Å². The molecule has 0 unspecified atom stereocenters. The van der Waals surface area contributed by atoms with E-state index in [9.17, 15) is 0 Å². The molecule has 0 aliphatic rings. The molecule has 0 bridgehead atoms. The highest BCUT2D eigenvalue weighted by Gasteiger charge is 2.21. The second-order valence-electron chi connectivity index (χ2n) is 15.7. The maximum Gasteiger partial charge on any atom is 0.0967 e. The molecule has 0 aliphatic heterocycles. The van der Waals surface area contributed by atoms with Gasteiger partial charge < -0.3 is 0 Å². The Kier molecular flexibility index (Phi) is 22.7. The van der Waals surface area contributed by atoms with Gasteiger partial charge in [0.05, 0.1) is 4.34 Å². The molecule has 4 aromatic rings. The summed E-state index contributed by atoms with van der Waals surface area (Å²) in [6.07, 6.45) is 37.0. The molecule has 0 saturated heterocycles. The summed E-state index contributed by atoms with van der Waals surface area (Å²) in [6.45, 7) is 9.25. The lowest BCUT2D eigenvalue weighted by Gasteiger charge is -2.03. The van der Waals surface area contributed by atoms with Crippen molar-refractivity contribution in [2.45, 2.75) is 207 Å². The van der Waals surface area contributed by atoms with Crippen LogP contribution < -0.4 is 0 Å². The Morgan fingerprint density at radius 2 is 0.717 bits per heavy atom. The Balaban J connectivity index is 1.60. The molecule has 53 heavy (non-hydrogen) atoms. The molecule has 296 valence electrons. The van der Waals surface area contributed by atoms with Crippen molar-refractivity contribution >= 4 is 56.9 Å². The number of rotatable bonds is 31. The lowest BCUT2D eigenvalue weighted by molar-refractivity contribution is 0.607. The van der Waals surface area contributed by atoms with Crippen molar-refractivity contribution in [1.29, 1.82) is 0 Å². The van der Waals surface area contributed by atoms with E-state index >= 15 is 0 Å². The van der Waals surface area contributed by atoms with Gasteiger partial charge in [0.15, 0.2) is 0 Å². The average molecular weight is 814 g/mol. The first-order valence-electron chi connectivity index (χ1n) is 22.2. The van der Waals surface area contributed by atoms with E-state index in [1.165, 1.54) is 203 Å². The number of unbranched alkanes of at least 4 members (excludes halogenated alkanes) is 20. The molecule has 0 radical (unpaired) electrons. The van der Waals surface area contributed by atoms with Gasteiger partial charge in [-0.1, -0.05) is 168 Å². The smallest absolute Gasteiger partial charge is 0.0967 e. The van der Waals surface area contributed by atoms with Crippen molar-refractivity contribution in [2.75, 3.05) is 0 Å². The molecule has 5 heteroatoms. The summed E-state index contributed by atoms with van der Waals surface area (Å²) in [7, 11) is 0. The zero-order valence-corrected chi connectivity index (χ0v) is 38.2. The molecule has 0 fully saturated rings. The Bertz CT molecular complexity index is 1520. The Hall–Kier alpha value is -0.910. The number of hydrogen-bond donors (Lipinski definition) is 0. The Morgan fingerprint density at radius 1 is 0.377 bits per heavy atom. The Morgan fingerprint density at radius 3 is 1.17 bits per heavy atom. The highest BCUT2D eigenvalue weighted by molar-refractivity contribution is 7.29. The first-order chi connectivity index (χ1) is 26.1. The molecule has 0 spiro atoms. The first kappa shape index (κ1) is 44.8. The van der Waals surface area contributed by atoms with E-state index in [1.54, 1.807) is 21.6 Å². The zero-order chi connectivity index (χ0) is 37.5. The highest BCUT2D eigenvalue weighted by Crippen LogP contribution is 2.49. The van der Waals surface area contributed by atoms with Crippen molar-refractivity contribution in [3.8, 4) is 29.3 Å². The van der Waals surface area contributed by atoms with Crippen LogP contribution in [0.3, 0.4) is 0 Å². The molecule has 0 N–H and O–H groups in total. The summed E-state index contributed by atoms with van der Waals surface area (Å²) >= 11 is 15.0. The molecule has 4 heterocycles. The number of aryl methyl sites for hydroxylation is 4. The van der Waals surface area contributed by atoms with Crippen LogP contribution in [-0.2, 0) is 25.7 Å². The van der Waals surface area contributed by atoms with E-state index in [2.05, 4.69) is 80.0 Å². The van der Waals surface area contributed by atoms with Crippen molar-refractivity contribution in [3.63, 3.8) is 0 Å². The third-order valence-electron chi connectivity index (χ3n) is 11.0. The van der Waals surface area contributed by atoms with Gasteiger partial charge in [0.2, 0.25) is 0 Å². The van der Waals surface area contributed by atoms with E-state index in [-0.39, 0.29) is 0 Å². The third-order valence-corrected chi connectivity index (χ3v) is 16.3. The van der Waals surface area contributed by atoms with Crippen LogP contribution >= 0.6 is 56.9 Å². The largest absolute Gasteiger partial charge is 0.143 e. The number of hydrogen-bond acceptors (Lipinski definition) is 4. The van der Waals surface area contributed by atoms with Crippen molar-refractivity contribution in [3.05, 3.63) is 56.2 Å². The van der Waals surface area contributed by atoms with Crippen molar-refractivity contribution in [1.82, 2.24) is 0 Å². The summed E-state index contributed by atoms with van der Waals surface area (Å²) in [4.78, 5) is 8.98. The monoisotopic (exact) mass is 812 g/mol. The van der Waals surface area contributed by atoms with Crippen LogP contribution in [-0.4, -0.2) is 0 Å². The summed E-state index contributed by atoms with van der Waals surface area (Å²) < 4.78 is 1.02. The van der Waals surface area contributed by atoms with Gasteiger partial charge in [-0.3, -0.25) is 0 Å². The second kappa shape index (κ2) is 26.9. The molecule has 0 nitrogen and oxygen atoms in total. The second-order valence-corrected chi connectivity index (χ2v) is 20.4.